The molecule has 0 unspecified atom stereocenters. The van der Waals surface area contributed by atoms with Gasteiger partial charge in [-0.3, -0.25) is 10.1 Å². The van der Waals surface area contributed by atoms with Crippen molar-refractivity contribution < 1.29 is 4.79 Å². The van der Waals surface area contributed by atoms with Gasteiger partial charge in [-0.25, -0.2) is 0 Å². The first-order valence-electron chi connectivity index (χ1n) is 7.37. The largest absolute Gasteiger partial charge is 0.312 e. The van der Waals surface area contributed by atoms with E-state index in [0.717, 1.165) is 10.6 Å². The summed E-state index contributed by atoms with van der Waals surface area (Å²) in [7, 11) is 1.85. The maximum Gasteiger partial charge on any atom is 0.239 e. The number of hydrogen-bond acceptors (Lipinski definition) is 7. The molecule has 2 aromatic heterocycles. The molecule has 3 rings (SSSR count). The van der Waals surface area contributed by atoms with Gasteiger partial charge in [0.05, 0.1) is 5.25 Å². The molecule has 9 heteroatoms. The van der Waals surface area contributed by atoms with Crippen LogP contribution in [0.15, 0.2) is 41.8 Å². The number of aromatic nitrogens is 5. The van der Waals surface area contributed by atoms with E-state index in [1.807, 2.05) is 44.3 Å². The van der Waals surface area contributed by atoms with Crippen LogP contribution >= 0.6 is 23.1 Å². The first-order valence-corrected chi connectivity index (χ1v) is 9.07. The molecule has 0 aliphatic rings. The quantitative estimate of drug-likeness (QED) is 0.680. The molecule has 1 amide bonds. The number of hydrogen-bond donors (Lipinski definition) is 1. The third kappa shape index (κ3) is 3.80. The lowest BCUT2D eigenvalue weighted by atomic mass is 10.2. The number of aryl methyl sites for hydroxylation is 1. The minimum Gasteiger partial charge on any atom is -0.312 e. The normalized spacial score (nSPS) is 12.1. The molecule has 0 aliphatic carbocycles. The molecular weight excluding hydrogens is 344 g/mol. The molecule has 7 nitrogen and oxygen atoms in total. The Morgan fingerprint density at radius 1 is 1.29 bits per heavy atom. The van der Waals surface area contributed by atoms with E-state index in [1.165, 1.54) is 23.1 Å². The summed E-state index contributed by atoms with van der Waals surface area (Å²) < 4.78 is 1.79. The number of benzene rings is 1. The number of amides is 1. The second-order valence-corrected chi connectivity index (χ2v) is 7.15. The number of carbonyl (C=O) groups is 1. The molecule has 0 saturated heterocycles. The standard InChI is InChI=1S/C15H16N6OS2/c1-3-11(23-15-20-16-9-21(15)2)12(22)17-14-19-18-13(24-14)10-7-5-4-6-8-10/h4-9,11H,3H2,1-2H3,(H,17,19,22)/t11-/m0/s1. The number of carbonyl (C=O) groups excluding carboxylic acids is 1. The topological polar surface area (TPSA) is 85.6 Å². The van der Waals surface area contributed by atoms with E-state index in [1.54, 1.807) is 10.9 Å². The third-order valence-electron chi connectivity index (χ3n) is 3.26. The highest BCUT2D eigenvalue weighted by Gasteiger charge is 2.21. The van der Waals surface area contributed by atoms with Gasteiger partial charge in [0.2, 0.25) is 11.0 Å². The summed E-state index contributed by atoms with van der Waals surface area (Å²) >= 11 is 2.74. The summed E-state index contributed by atoms with van der Waals surface area (Å²) in [6.45, 7) is 1.96. The average molecular weight is 360 g/mol. The zero-order valence-electron chi connectivity index (χ0n) is 13.2. The molecule has 1 aromatic carbocycles. The van der Waals surface area contributed by atoms with Gasteiger partial charge in [0.1, 0.15) is 11.3 Å². The lowest BCUT2D eigenvalue weighted by Crippen LogP contribution is -2.24. The molecule has 1 atom stereocenters. The van der Waals surface area contributed by atoms with Gasteiger partial charge in [-0.05, 0) is 6.42 Å². The zero-order chi connectivity index (χ0) is 16.9. The summed E-state index contributed by atoms with van der Waals surface area (Å²) in [5.41, 5.74) is 0.982. The van der Waals surface area contributed by atoms with Crippen molar-refractivity contribution in [3.8, 4) is 10.6 Å². The molecular formula is C15H16N6OS2. The van der Waals surface area contributed by atoms with Crippen molar-refractivity contribution in [2.24, 2.45) is 7.05 Å². The van der Waals surface area contributed by atoms with Crippen molar-refractivity contribution in [1.29, 1.82) is 0 Å². The first-order chi connectivity index (χ1) is 11.7. The fourth-order valence-corrected chi connectivity index (χ4v) is 3.63. The Bertz CT molecular complexity index is 816. The van der Waals surface area contributed by atoms with Crippen molar-refractivity contribution in [2.75, 3.05) is 5.32 Å². The summed E-state index contributed by atoms with van der Waals surface area (Å²) in [5.74, 6) is -0.110. The molecule has 0 bridgehead atoms. The van der Waals surface area contributed by atoms with Gasteiger partial charge in [0, 0.05) is 12.6 Å². The molecule has 0 aliphatic heterocycles. The van der Waals surface area contributed by atoms with Crippen LogP contribution in [0.2, 0.25) is 0 Å². The Morgan fingerprint density at radius 3 is 2.75 bits per heavy atom. The van der Waals surface area contributed by atoms with Gasteiger partial charge >= 0.3 is 0 Å². The van der Waals surface area contributed by atoms with Gasteiger partial charge in [-0.15, -0.1) is 20.4 Å². The van der Waals surface area contributed by atoms with Gasteiger partial charge in [0.15, 0.2) is 5.16 Å². The lowest BCUT2D eigenvalue weighted by molar-refractivity contribution is -0.115. The van der Waals surface area contributed by atoms with Crippen molar-refractivity contribution >= 4 is 34.1 Å². The Labute approximate surface area is 147 Å². The summed E-state index contributed by atoms with van der Waals surface area (Å²) in [6, 6.07) is 9.76. The average Bonchev–Trinajstić information content (AvgIpc) is 3.22. The van der Waals surface area contributed by atoms with Gasteiger partial charge in [-0.2, -0.15) is 0 Å². The monoisotopic (exact) mass is 360 g/mol. The van der Waals surface area contributed by atoms with Gasteiger partial charge in [-0.1, -0.05) is 60.4 Å². The van der Waals surface area contributed by atoms with E-state index in [0.29, 0.717) is 16.7 Å². The fourth-order valence-electron chi connectivity index (χ4n) is 1.99. The Hall–Kier alpha value is -2.26. The van der Waals surface area contributed by atoms with Crippen LogP contribution in [0.25, 0.3) is 10.6 Å². The molecule has 3 aromatic rings. The highest BCUT2D eigenvalue weighted by Crippen LogP contribution is 2.28. The molecule has 0 fully saturated rings. The van der Waals surface area contributed by atoms with Gasteiger partial charge < -0.3 is 4.57 Å². The smallest absolute Gasteiger partial charge is 0.239 e. The van der Waals surface area contributed by atoms with Crippen LogP contribution in [0.4, 0.5) is 5.13 Å². The van der Waals surface area contributed by atoms with Crippen LogP contribution in [-0.2, 0) is 11.8 Å². The predicted molar refractivity (Wildman–Crippen MR) is 94.9 cm³/mol. The van der Waals surface area contributed by atoms with Crippen LogP contribution in [0.5, 0.6) is 0 Å². The summed E-state index contributed by atoms with van der Waals surface area (Å²) in [4.78, 5) is 12.5. The van der Waals surface area contributed by atoms with Gasteiger partial charge in [0.25, 0.3) is 0 Å². The number of thioether (sulfide) groups is 1. The van der Waals surface area contributed by atoms with Crippen LogP contribution < -0.4 is 5.32 Å². The van der Waals surface area contributed by atoms with Crippen LogP contribution in [-0.4, -0.2) is 36.1 Å². The predicted octanol–water partition coefficient (Wildman–Crippen LogP) is 2.84. The van der Waals surface area contributed by atoms with Crippen molar-refractivity contribution in [2.45, 2.75) is 23.8 Å². The highest BCUT2D eigenvalue weighted by molar-refractivity contribution is 8.00. The minimum atomic E-state index is -0.267. The van der Waals surface area contributed by atoms with Crippen molar-refractivity contribution in [3.63, 3.8) is 0 Å². The SMILES string of the molecule is CC[C@H](Sc1nncn1C)C(=O)Nc1nnc(-c2ccccc2)s1. The molecule has 0 radical (unpaired) electrons. The molecule has 124 valence electrons. The van der Waals surface area contributed by atoms with E-state index < -0.39 is 0 Å². The molecule has 1 N–H and O–H groups in total. The fraction of sp³-hybridized carbons (Fsp3) is 0.267. The Kier molecular flexibility index (Phi) is 5.21. The summed E-state index contributed by atoms with van der Waals surface area (Å²) in [6.07, 6.45) is 2.29. The zero-order valence-corrected chi connectivity index (χ0v) is 14.8. The minimum absolute atomic E-state index is 0.110. The van der Waals surface area contributed by atoms with E-state index in [4.69, 9.17) is 0 Å². The van der Waals surface area contributed by atoms with Crippen LogP contribution in [0, 0.1) is 0 Å². The van der Waals surface area contributed by atoms with Crippen molar-refractivity contribution in [1.82, 2.24) is 25.0 Å². The van der Waals surface area contributed by atoms with Crippen LogP contribution in [0.1, 0.15) is 13.3 Å². The van der Waals surface area contributed by atoms with E-state index in [9.17, 15) is 4.79 Å². The molecule has 0 spiro atoms. The molecule has 24 heavy (non-hydrogen) atoms. The van der Waals surface area contributed by atoms with Crippen molar-refractivity contribution in [3.05, 3.63) is 36.7 Å². The lowest BCUT2D eigenvalue weighted by Gasteiger charge is -2.12. The number of nitrogens with one attached hydrogen (secondary N) is 1. The van der Waals surface area contributed by atoms with E-state index >= 15 is 0 Å². The summed E-state index contributed by atoms with van der Waals surface area (Å²) in [5, 5.41) is 20.6. The Morgan fingerprint density at radius 2 is 2.08 bits per heavy atom. The molecule has 2 heterocycles. The van der Waals surface area contributed by atoms with E-state index in [2.05, 4.69) is 25.7 Å². The van der Waals surface area contributed by atoms with Crippen LogP contribution in [0.3, 0.4) is 0 Å². The highest BCUT2D eigenvalue weighted by atomic mass is 32.2. The maximum absolute atomic E-state index is 12.5. The number of nitrogens with zero attached hydrogens (tertiary/aromatic N) is 5. The number of anilines is 1. The van der Waals surface area contributed by atoms with E-state index in [-0.39, 0.29) is 11.2 Å². The number of rotatable bonds is 6. The second-order valence-electron chi connectivity index (χ2n) is 5.01. The second kappa shape index (κ2) is 7.54. The third-order valence-corrected chi connectivity index (χ3v) is 5.56. The first kappa shape index (κ1) is 16.6. The molecule has 0 saturated carbocycles. The Balaban J connectivity index is 1.67. The maximum atomic E-state index is 12.5.